The third kappa shape index (κ3) is 4.51. The molecule has 2 N–H and O–H groups in total. The second-order valence-corrected chi connectivity index (χ2v) is 7.48. The lowest BCUT2D eigenvalue weighted by molar-refractivity contribution is -0.114. The minimum Gasteiger partial charge on any atom is -0.325 e. The van der Waals surface area contributed by atoms with Crippen molar-refractivity contribution in [1.29, 1.82) is 0 Å². The van der Waals surface area contributed by atoms with Crippen LogP contribution in [-0.4, -0.2) is 23.0 Å². The first-order chi connectivity index (χ1) is 9.19. The normalized spacial score (nSPS) is 22.6. The fourth-order valence-corrected chi connectivity index (χ4v) is 4.45. The van der Waals surface area contributed by atoms with Crippen LogP contribution in [-0.2, 0) is 11.3 Å². The Labute approximate surface area is 123 Å². The van der Waals surface area contributed by atoms with Crippen LogP contribution in [0.2, 0.25) is 0 Å². The number of anilines is 1. The molecule has 0 saturated heterocycles. The molecular weight excluding hydrogens is 276 g/mol. The van der Waals surface area contributed by atoms with Crippen molar-refractivity contribution in [1.82, 2.24) is 5.32 Å². The van der Waals surface area contributed by atoms with Crippen molar-refractivity contribution >= 4 is 34.7 Å². The minimum atomic E-state index is -0.0000683. The zero-order valence-electron chi connectivity index (χ0n) is 11.6. The van der Waals surface area contributed by atoms with Crippen LogP contribution in [0.3, 0.4) is 0 Å². The molecule has 1 aromatic heterocycles. The van der Waals surface area contributed by atoms with E-state index in [0.717, 1.165) is 17.5 Å². The molecule has 2 atom stereocenters. The summed E-state index contributed by atoms with van der Waals surface area (Å²) >= 11 is 3.79. The van der Waals surface area contributed by atoms with E-state index in [1.54, 1.807) is 18.3 Å². The highest BCUT2D eigenvalue weighted by Gasteiger charge is 2.24. The zero-order valence-corrected chi connectivity index (χ0v) is 13.2. The third-order valence-electron chi connectivity index (χ3n) is 3.39. The van der Waals surface area contributed by atoms with Gasteiger partial charge in [0.05, 0.1) is 5.69 Å². The molecule has 1 aliphatic carbocycles. The smallest absolute Gasteiger partial charge is 0.221 e. The predicted octanol–water partition coefficient (Wildman–Crippen LogP) is 3.47. The summed E-state index contributed by atoms with van der Waals surface area (Å²) in [6.45, 7) is 4.65. The molecule has 1 aromatic rings. The summed E-state index contributed by atoms with van der Waals surface area (Å²) in [5, 5.41) is 9.39. The van der Waals surface area contributed by atoms with Gasteiger partial charge in [-0.2, -0.15) is 11.8 Å². The Morgan fingerprint density at radius 2 is 2.37 bits per heavy atom. The quantitative estimate of drug-likeness (QED) is 0.845. The summed E-state index contributed by atoms with van der Waals surface area (Å²) in [4.78, 5) is 12.3. The molecule has 0 aliphatic heterocycles. The van der Waals surface area contributed by atoms with Gasteiger partial charge in [0.15, 0.2) is 0 Å². The molecule has 2 rings (SSSR count). The first kappa shape index (κ1) is 14.9. The van der Waals surface area contributed by atoms with Crippen molar-refractivity contribution in [2.45, 2.75) is 50.9 Å². The van der Waals surface area contributed by atoms with Gasteiger partial charge in [-0.05, 0) is 36.5 Å². The number of nitrogens with one attached hydrogen (secondary N) is 2. The molecule has 0 bridgehead atoms. The average molecular weight is 298 g/mol. The van der Waals surface area contributed by atoms with Crippen LogP contribution in [0.25, 0.3) is 0 Å². The van der Waals surface area contributed by atoms with E-state index in [4.69, 9.17) is 0 Å². The van der Waals surface area contributed by atoms with Gasteiger partial charge in [0.25, 0.3) is 0 Å². The summed E-state index contributed by atoms with van der Waals surface area (Å²) in [5.74, 6) is 1.22. The van der Waals surface area contributed by atoms with Gasteiger partial charge in [-0.1, -0.05) is 6.92 Å². The third-order valence-corrected chi connectivity index (χ3v) is 5.55. The van der Waals surface area contributed by atoms with Gasteiger partial charge in [0.2, 0.25) is 5.91 Å². The highest BCUT2D eigenvalue weighted by molar-refractivity contribution is 7.99. The van der Waals surface area contributed by atoms with E-state index in [1.807, 2.05) is 11.4 Å². The molecule has 1 amide bonds. The molecule has 1 aliphatic rings. The fourth-order valence-electron chi connectivity index (χ4n) is 2.53. The fraction of sp³-hybridized carbons (Fsp3) is 0.643. The Kier molecular flexibility index (Phi) is 5.73. The first-order valence-electron chi connectivity index (χ1n) is 6.88. The van der Waals surface area contributed by atoms with Gasteiger partial charge in [0.1, 0.15) is 0 Å². The number of thioether (sulfide) groups is 1. The molecule has 5 heteroatoms. The highest BCUT2D eigenvalue weighted by Crippen LogP contribution is 2.30. The topological polar surface area (TPSA) is 41.1 Å². The number of amides is 1. The van der Waals surface area contributed by atoms with Gasteiger partial charge < -0.3 is 10.6 Å². The molecule has 1 saturated carbocycles. The van der Waals surface area contributed by atoms with E-state index in [1.165, 1.54) is 29.9 Å². The van der Waals surface area contributed by atoms with Crippen molar-refractivity contribution in [3.63, 3.8) is 0 Å². The SMILES string of the molecule is CCSC1CCC(NCc2sccc2NC(C)=O)C1. The Morgan fingerprint density at radius 3 is 3.11 bits per heavy atom. The van der Waals surface area contributed by atoms with E-state index in [9.17, 15) is 4.79 Å². The molecule has 0 spiro atoms. The largest absolute Gasteiger partial charge is 0.325 e. The minimum absolute atomic E-state index is 0.0000683. The summed E-state index contributed by atoms with van der Waals surface area (Å²) in [6, 6.07) is 2.62. The van der Waals surface area contributed by atoms with Crippen molar-refractivity contribution in [3.05, 3.63) is 16.3 Å². The van der Waals surface area contributed by atoms with Crippen molar-refractivity contribution in [2.24, 2.45) is 0 Å². The van der Waals surface area contributed by atoms with E-state index >= 15 is 0 Å². The molecule has 0 radical (unpaired) electrons. The average Bonchev–Trinajstić information content (AvgIpc) is 2.96. The Balaban J connectivity index is 1.80. The molecule has 3 nitrogen and oxygen atoms in total. The van der Waals surface area contributed by atoms with Gasteiger partial charge in [0, 0.05) is 29.6 Å². The molecular formula is C14H22N2OS2. The van der Waals surface area contributed by atoms with Crippen LogP contribution in [0.1, 0.15) is 38.0 Å². The second-order valence-electron chi connectivity index (χ2n) is 4.91. The predicted molar refractivity (Wildman–Crippen MR) is 85.0 cm³/mol. The molecule has 1 fully saturated rings. The van der Waals surface area contributed by atoms with Crippen LogP contribution >= 0.6 is 23.1 Å². The van der Waals surface area contributed by atoms with Crippen LogP contribution in [0, 0.1) is 0 Å². The lowest BCUT2D eigenvalue weighted by atomic mass is 10.2. The van der Waals surface area contributed by atoms with E-state index < -0.39 is 0 Å². The first-order valence-corrected chi connectivity index (χ1v) is 8.80. The standard InChI is InChI=1S/C14H22N2OS2/c1-3-18-12-5-4-11(8-12)15-9-14-13(6-7-19-14)16-10(2)17/h6-7,11-12,15H,3-5,8-9H2,1-2H3,(H,16,17). The lowest BCUT2D eigenvalue weighted by Gasteiger charge is -2.13. The number of hydrogen-bond acceptors (Lipinski definition) is 4. The summed E-state index contributed by atoms with van der Waals surface area (Å²) in [7, 11) is 0. The maximum atomic E-state index is 11.1. The number of carbonyl (C=O) groups is 1. The number of thiophene rings is 1. The van der Waals surface area contributed by atoms with Gasteiger partial charge in [-0.3, -0.25) is 4.79 Å². The second kappa shape index (κ2) is 7.31. The number of rotatable bonds is 6. The van der Waals surface area contributed by atoms with Crippen LogP contribution in [0.15, 0.2) is 11.4 Å². The van der Waals surface area contributed by atoms with E-state index in [0.29, 0.717) is 6.04 Å². The number of hydrogen-bond donors (Lipinski definition) is 2. The summed E-state index contributed by atoms with van der Waals surface area (Å²) < 4.78 is 0. The highest BCUT2D eigenvalue weighted by atomic mass is 32.2. The van der Waals surface area contributed by atoms with Crippen molar-refractivity contribution in [2.75, 3.05) is 11.1 Å². The van der Waals surface area contributed by atoms with Crippen molar-refractivity contribution < 1.29 is 4.79 Å². The Morgan fingerprint density at radius 1 is 1.53 bits per heavy atom. The maximum absolute atomic E-state index is 11.1. The van der Waals surface area contributed by atoms with E-state index in [-0.39, 0.29) is 5.91 Å². The Bertz CT molecular complexity index is 419. The zero-order chi connectivity index (χ0) is 13.7. The number of carbonyl (C=O) groups excluding carboxylic acids is 1. The van der Waals surface area contributed by atoms with Crippen molar-refractivity contribution in [3.8, 4) is 0 Å². The van der Waals surface area contributed by atoms with E-state index in [2.05, 4.69) is 29.3 Å². The van der Waals surface area contributed by atoms with Gasteiger partial charge in [-0.25, -0.2) is 0 Å². The Hall–Kier alpha value is -0.520. The summed E-state index contributed by atoms with van der Waals surface area (Å²) in [6.07, 6.45) is 3.89. The maximum Gasteiger partial charge on any atom is 0.221 e. The summed E-state index contributed by atoms with van der Waals surface area (Å²) in [5.41, 5.74) is 0.961. The van der Waals surface area contributed by atoms with Crippen LogP contribution in [0.4, 0.5) is 5.69 Å². The molecule has 2 unspecified atom stereocenters. The lowest BCUT2D eigenvalue weighted by Crippen LogP contribution is -2.26. The van der Waals surface area contributed by atoms with Crippen LogP contribution in [0.5, 0.6) is 0 Å². The molecule has 106 valence electrons. The van der Waals surface area contributed by atoms with Gasteiger partial charge in [-0.15, -0.1) is 11.3 Å². The monoisotopic (exact) mass is 298 g/mol. The van der Waals surface area contributed by atoms with Gasteiger partial charge >= 0.3 is 0 Å². The molecule has 0 aromatic carbocycles. The molecule has 1 heterocycles. The van der Waals surface area contributed by atoms with Crippen LogP contribution < -0.4 is 10.6 Å². The molecule has 19 heavy (non-hydrogen) atoms.